The minimum absolute atomic E-state index is 0.654. The molecule has 0 bridgehead atoms. The molecule has 0 aliphatic heterocycles. The Kier molecular flexibility index (Phi) is 4.71. The molecule has 7 aromatic rings. The van der Waals surface area contributed by atoms with Crippen molar-refractivity contribution < 1.29 is 4.42 Å². The number of aromatic nitrogens is 4. The lowest BCUT2D eigenvalue weighted by Gasteiger charge is -2.16. The predicted molar refractivity (Wildman–Crippen MR) is 151 cm³/mol. The molecular formula is C33H24N4O. The van der Waals surface area contributed by atoms with E-state index in [0.29, 0.717) is 17.6 Å². The van der Waals surface area contributed by atoms with Crippen LogP contribution in [0, 0.1) is 0 Å². The van der Waals surface area contributed by atoms with Crippen molar-refractivity contribution in [2.45, 2.75) is 25.7 Å². The number of hydrogen-bond acceptors (Lipinski definition) is 4. The first-order chi connectivity index (χ1) is 18.8. The van der Waals surface area contributed by atoms with Gasteiger partial charge in [0.15, 0.2) is 11.6 Å². The summed E-state index contributed by atoms with van der Waals surface area (Å²) in [7, 11) is 0. The quantitative estimate of drug-likeness (QED) is 0.251. The Morgan fingerprint density at radius 2 is 1.24 bits per heavy atom. The fourth-order valence-corrected chi connectivity index (χ4v) is 5.88. The Morgan fingerprint density at radius 3 is 1.97 bits per heavy atom. The van der Waals surface area contributed by atoms with E-state index in [9.17, 15) is 0 Å². The first-order valence-electron chi connectivity index (χ1n) is 13.2. The van der Waals surface area contributed by atoms with Crippen LogP contribution in [0.3, 0.4) is 0 Å². The van der Waals surface area contributed by atoms with Crippen molar-refractivity contribution in [2.75, 3.05) is 0 Å². The molecule has 8 rings (SSSR count). The van der Waals surface area contributed by atoms with Gasteiger partial charge in [-0.1, -0.05) is 78.9 Å². The molecule has 182 valence electrons. The van der Waals surface area contributed by atoms with Crippen LogP contribution in [0.15, 0.2) is 101 Å². The highest BCUT2D eigenvalue weighted by Crippen LogP contribution is 2.39. The van der Waals surface area contributed by atoms with Gasteiger partial charge in [0.2, 0.25) is 5.95 Å². The zero-order valence-electron chi connectivity index (χ0n) is 20.8. The van der Waals surface area contributed by atoms with Crippen molar-refractivity contribution in [3.8, 4) is 28.7 Å². The summed E-state index contributed by atoms with van der Waals surface area (Å²) in [4.78, 5) is 15.0. The first-order valence-corrected chi connectivity index (χ1v) is 13.2. The topological polar surface area (TPSA) is 56.7 Å². The highest BCUT2D eigenvalue weighted by Gasteiger charge is 2.25. The Hall–Kier alpha value is -4.77. The van der Waals surface area contributed by atoms with Crippen LogP contribution in [0.25, 0.3) is 61.6 Å². The minimum Gasteiger partial charge on any atom is -0.456 e. The van der Waals surface area contributed by atoms with E-state index in [1.54, 1.807) is 0 Å². The third-order valence-electron chi connectivity index (χ3n) is 7.66. The van der Waals surface area contributed by atoms with Gasteiger partial charge >= 0.3 is 0 Å². The molecule has 0 saturated carbocycles. The number of rotatable bonds is 3. The van der Waals surface area contributed by atoms with Gasteiger partial charge in [-0.2, -0.15) is 9.97 Å². The normalized spacial score (nSPS) is 13.4. The Labute approximate surface area is 219 Å². The Balaban J connectivity index is 1.45. The molecule has 0 N–H and O–H groups in total. The molecule has 0 atom stereocenters. The van der Waals surface area contributed by atoms with Crippen LogP contribution in [0.2, 0.25) is 0 Å². The second-order valence-electron chi connectivity index (χ2n) is 9.95. The molecule has 0 spiro atoms. The van der Waals surface area contributed by atoms with E-state index in [4.69, 9.17) is 19.4 Å². The van der Waals surface area contributed by atoms with Crippen LogP contribution in [0.1, 0.15) is 24.1 Å². The van der Waals surface area contributed by atoms with Gasteiger partial charge in [0, 0.05) is 39.0 Å². The molecule has 0 unspecified atom stereocenters. The van der Waals surface area contributed by atoms with Gasteiger partial charge in [-0.3, -0.25) is 4.57 Å². The number of benzene rings is 4. The molecule has 4 aromatic carbocycles. The molecular weight excluding hydrogens is 468 g/mol. The van der Waals surface area contributed by atoms with Crippen molar-refractivity contribution >= 4 is 32.8 Å². The van der Waals surface area contributed by atoms with E-state index in [-0.39, 0.29) is 0 Å². The molecule has 3 aromatic heterocycles. The molecule has 1 aliphatic carbocycles. The second-order valence-corrected chi connectivity index (χ2v) is 9.95. The Morgan fingerprint density at radius 1 is 0.579 bits per heavy atom. The maximum atomic E-state index is 6.30. The molecule has 0 fully saturated rings. The lowest BCUT2D eigenvalue weighted by Crippen LogP contribution is -2.11. The van der Waals surface area contributed by atoms with E-state index in [1.807, 2.05) is 48.5 Å². The number of fused-ring (bicyclic) bond motifs is 6. The average Bonchev–Trinajstić information content (AvgIpc) is 3.51. The van der Waals surface area contributed by atoms with Crippen molar-refractivity contribution in [3.05, 3.63) is 108 Å². The molecule has 38 heavy (non-hydrogen) atoms. The number of nitrogens with zero attached hydrogens (tertiary/aromatic N) is 4. The maximum absolute atomic E-state index is 6.30. The predicted octanol–water partition coefficient (Wildman–Crippen LogP) is 7.93. The maximum Gasteiger partial charge on any atom is 0.238 e. The molecule has 0 amide bonds. The van der Waals surface area contributed by atoms with E-state index >= 15 is 0 Å². The summed E-state index contributed by atoms with van der Waals surface area (Å²) in [5.41, 5.74) is 7.53. The summed E-state index contributed by atoms with van der Waals surface area (Å²) < 4.78 is 8.56. The third-order valence-corrected chi connectivity index (χ3v) is 7.66. The van der Waals surface area contributed by atoms with Crippen molar-refractivity contribution in [3.63, 3.8) is 0 Å². The van der Waals surface area contributed by atoms with Gasteiger partial charge in [-0.15, -0.1) is 0 Å². The highest BCUT2D eigenvalue weighted by molar-refractivity contribution is 6.10. The number of furan rings is 1. The molecule has 0 saturated heterocycles. The fraction of sp³-hybridized carbons (Fsp3) is 0.121. The number of aryl methyl sites for hydroxylation is 1. The zero-order valence-corrected chi connectivity index (χ0v) is 20.8. The molecule has 3 heterocycles. The summed E-state index contributed by atoms with van der Waals surface area (Å²) in [5, 5.41) is 3.57. The van der Waals surface area contributed by atoms with E-state index in [1.165, 1.54) is 23.1 Å². The van der Waals surface area contributed by atoms with Crippen molar-refractivity contribution in [2.24, 2.45) is 0 Å². The minimum atomic E-state index is 0.654. The zero-order chi connectivity index (χ0) is 25.1. The van der Waals surface area contributed by atoms with Gasteiger partial charge in [-0.25, -0.2) is 4.98 Å². The summed E-state index contributed by atoms with van der Waals surface area (Å²) in [6.45, 7) is 0. The monoisotopic (exact) mass is 492 g/mol. The van der Waals surface area contributed by atoms with Crippen LogP contribution in [-0.2, 0) is 12.8 Å². The number of hydrogen-bond donors (Lipinski definition) is 0. The molecule has 0 radical (unpaired) electrons. The second kappa shape index (κ2) is 8.38. The highest BCUT2D eigenvalue weighted by atomic mass is 16.3. The summed E-state index contributed by atoms with van der Waals surface area (Å²) in [6.07, 6.45) is 4.41. The summed E-state index contributed by atoms with van der Waals surface area (Å²) in [5.74, 6) is 2.00. The van der Waals surface area contributed by atoms with Gasteiger partial charge in [0.25, 0.3) is 0 Å². The lowest BCUT2D eigenvalue weighted by molar-refractivity contribution is 0.660. The average molecular weight is 493 g/mol. The molecule has 5 heteroatoms. The van der Waals surface area contributed by atoms with E-state index in [2.05, 4.69) is 53.1 Å². The van der Waals surface area contributed by atoms with E-state index in [0.717, 1.165) is 57.8 Å². The van der Waals surface area contributed by atoms with Gasteiger partial charge in [-0.05, 0) is 43.4 Å². The van der Waals surface area contributed by atoms with Gasteiger partial charge in [0.1, 0.15) is 11.2 Å². The van der Waals surface area contributed by atoms with Crippen LogP contribution < -0.4 is 0 Å². The SMILES string of the molecule is c1ccc(-c2nc(-c3ccccc3)nc(-n3c4c(c5cc6c(cc53)oc3ccccc36)CCCC4)n2)cc1. The smallest absolute Gasteiger partial charge is 0.238 e. The van der Waals surface area contributed by atoms with Crippen LogP contribution >= 0.6 is 0 Å². The van der Waals surface area contributed by atoms with E-state index < -0.39 is 0 Å². The van der Waals surface area contributed by atoms with Crippen molar-refractivity contribution in [1.82, 2.24) is 19.5 Å². The van der Waals surface area contributed by atoms with Crippen LogP contribution in [0.4, 0.5) is 0 Å². The molecule has 5 nitrogen and oxygen atoms in total. The largest absolute Gasteiger partial charge is 0.456 e. The molecule has 1 aliphatic rings. The Bertz CT molecular complexity index is 1910. The lowest BCUT2D eigenvalue weighted by atomic mass is 9.95. The standard InChI is InChI=1S/C33H24N4O/c1-3-11-21(12-4-1)31-34-32(22-13-5-2-6-14-22)36-33(35-31)37-27-17-9-7-15-23(27)25-19-26-24-16-8-10-18-29(24)38-30(26)20-28(25)37/h1-6,8,10-14,16,18-20H,7,9,15,17H2. The summed E-state index contributed by atoms with van der Waals surface area (Å²) in [6, 6.07) is 33.1. The van der Waals surface area contributed by atoms with Crippen LogP contribution in [-0.4, -0.2) is 19.5 Å². The van der Waals surface area contributed by atoms with Crippen molar-refractivity contribution in [1.29, 1.82) is 0 Å². The third kappa shape index (κ3) is 3.28. The van der Waals surface area contributed by atoms with Crippen LogP contribution in [0.5, 0.6) is 0 Å². The van der Waals surface area contributed by atoms with Gasteiger partial charge in [0.05, 0.1) is 5.52 Å². The number of para-hydroxylation sites is 1. The summed E-state index contributed by atoms with van der Waals surface area (Å²) >= 11 is 0. The fourth-order valence-electron chi connectivity index (χ4n) is 5.88. The van der Waals surface area contributed by atoms with Gasteiger partial charge < -0.3 is 4.42 Å². The first kappa shape index (κ1) is 21.3.